The fraction of sp³-hybridized carbons (Fsp3) is 0.364. The fourth-order valence-electron chi connectivity index (χ4n) is 1.97. The summed E-state index contributed by atoms with van der Waals surface area (Å²) >= 11 is 12.2. The largest absolute Gasteiger partial charge is 0.308 e. The summed E-state index contributed by atoms with van der Waals surface area (Å²) in [6.45, 7) is 1.74. The van der Waals surface area contributed by atoms with Gasteiger partial charge in [-0.3, -0.25) is 4.79 Å². The molecule has 0 aliphatic carbocycles. The standard InChI is InChI=1S/C11H10Cl3NO3S/c1-6-2-3-8(12)11(10(6)13)15-5-7(4-9(15)16)19(14,17)18/h2-3,7H,4-5H2,1H3. The maximum atomic E-state index is 11.9. The smallest absolute Gasteiger partial charge is 0.237 e. The number of halogens is 3. The number of carbonyl (C=O) groups is 1. The Kier molecular flexibility index (Phi) is 4.02. The van der Waals surface area contributed by atoms with E-state index in [0.29, 0.717) is 15.7 Å². The van der Waals surface area contributed by atoms with Gasteiger partial charge in [0.05, 0.1) is 15.7 Å². The van der Waals surface area contributed by atoms with Gasteiger partial charge in [0, 0.05) is 23.6 Å². The highest BCUT2D eigenvalue weighted by atomic mass is 35.7. The zero-order valence-electron chi connectivity index (χ0n) is 9.86. The van der Waals surface area contributed by atoms with Crippen molar-refractivity contribution < 1.29 is 13.2 Å². The van der Waals surface area contributed by atoms with E-state index < -0.39 is 14.3 Å². The number of carbonyl (C=O) groups excluding carboxylic acids is 1. The van der Waals surface area contributed by atoms with E-state index in [2.05, 4.69) is 0 Å². The lowest BCUT2D eigenvalue weighted by Crippen LogP contribution is -2.27. The van der Waals surface area contributed by atoms with Crippen molar-refractivity contribution in [2.75, 3.05) is 11.4 Å². The molecular weight excluding hydrogens is 333 g/mol. The van der Waals surface area contributed by atoms with E-state index in [1.54, 1.807) is 19.1 Å². The highest BCUT2D eigenvalue weighted by molar-refractivity contribution is 8.14. The summed E-state index contributed by atoms with van der Waals surface area (Å²) in [6, 6.07) is 3.35. The number of amides is 1. The second-order valence-electron chi connectivity index (χ2n) is 4.33. The predicted octanol–water partition coefficient (Wildman–Crippen LogP) is 2.98. The lowest BCUT2D eigenvalue weighted by atomic mass is 10.2. The molecule has 2 rings (SSSR count). The van der Waals surface area contributed by atoms with Crippen LogP contribution in [0.1, 0.15) is 12.0 Å². The molecule has 0 aromatic heterocycles. The molecule has 0 N–H and O–H groups in total. The molecule has 1 aliphatic heterocycles. The van der Waals surface area contributed by atoms with Crippen LogP contribution in [0, 0.1) is 6.92 Å². The number of aryl methyl sites for hydroxylation is 1. The number of hydrogen-bond acceptors (Lipinski definition) is 3. The van der Waals surface area contributed by atoms with Crippen molar-refractivity contribution in [3.63, 3.8) is 0 Å². The molecule has 1 saturated heterocycles. The van der Waals surface area contributed by atoms with Gasteiger partial charge in [-0.25, -0.2) is 8.42 Å². The zero-order valence-corrected chi connectivity index (χ0v) is 12.9. The van der Waals surface area contributed by atoms with Crippen LogP contribution in [0.25, 0.3) is 0 Å². The SMILES string of the molecule is Cc1ccc(Cl)c(N2CC(S(=O)(=O)Cl)CC2=O)c1Cl. The number of anilines is 1. The van der Waals surface area contributed by atoms with Crippen molar-refractivity contribution in [3.8, 4) is 0 Å². The first kappa shape index (κ1) is 14.9. The molecule has 19 heavy (non-hydrogen) atoms. The van der Waals surface area contributed by atoms with Crippen LogP contribution in [-0.2, 0) is 13.8 Å². The third-order valence-corrected chi connectivity index (χ3v) is 5.67. The van der Waals surface area contributed by atoms with E-state index in [1.165, 1.54) is 4.90 Å². The van der Waals surface area contributed by atoms with Crippen molar-refractivity contribution in [2.45, 2.75) is 18.6 Å². The molecule has 8 heteroatoms. The van der Waals surface area contributed by atoms with Gasteiger partial charge in [0.15, 0.2) is 0 Å². The first-order chi connectivity index (χ1) is 8.71. The first-order valence-corrected chi connectivity index (χ1v) is 8.53. The van der Waals surface area contributed by atoms with Crippen LogP contribution in [0.5, 0.6) is 0 Å². The molecule has 0 saturated carbocycles. The summed E-state index contributed by atoms with van der Waals surface area (Å²) < 4.78 is 22.6. The summed E-state index contributed by atoms with van der Waals surface area (Å²) in [5.41, 5.74) is 1.10. The minimum Gasteiger partial charge on any atom is -0.308 e. The van der Waals surface area contributed by atoms with Crippen LogP contribution >= 0.6 is 33.9 Å². The van der Waals surface area contributed by atoms with Gasteiger partial charge in [-0.1, -0.05) is 29.3 Å². The lowest BCUT2D eigenvalue weighted by molar-refractivity contribution is -0.117. The van der Waals surface area contributed by atoms with E-state index >= 15 is 0 Å². The quantitative estimate of drug-likeness (QED) is 0.776. The highest BCUT2D eigenvalue weighted by Crippen LogP contribution is 2.39. The minimum atomic E-state index is -3.79. The average molecular weight is 343 g/mol. The Morgan fingerprint density at radius 1 is 1.32 bits per heavy atom. The van der Waals surface area contributed by atoms with Crippen molar-refractivity contribution in [3.05, 3.63) is 27.7 Å². The number of benzene rings is 1. The van der Waals surface area contributed by atoms with Crippen molar-refractivity contribution >= 4 is 54.5 Å². The van der Waals surface area contributed by atoms with Crippen LogP contribution in [0.2, 0.25) is 10.0 Å². The molecule has 4 nitrogen and oxygen atoms in total. The first-order valence-electron chi connectivity index (χ1n) is 5.40. The predicted molar refractivity (Wildman–Crippen MR) is 76.7 cm³/mol. The molecular formula is C11H10Cl3NO3S. The van der Waals surface area contributed by atoms with E-state index in [-0.39, 0.29) is 18.9 Å². The Hall–Kier alpha value is -0.490. The molecule has 1 heterocycles. The number of hydrogen-bond donors (Lipinski definition) is 0. The van der Waals surface area contributed by atoms with Crippen LogP contribution in [0.4, 0.5) is 5.69 Å². The third kappa shape index (κ3) is 2.84. The van der Waals surface area contributed by atoms with E-state index in [9.17, 15) is 13.2 Å². The Morgan fingerprint density at radius 3 is 2.47 bits per heavy atom. The summed E-state index contributed by atoms with van der Waals surface area (Å²) in [5, 5.41) is -0.292. The molecule has 0 bridgehead atoms. The molecule has 1 atom stereocenters. The Morgan fingerprint density at radius 2 is 1.95 bits per heavy atom. The van der Waals surface area contributed by atoms with E-state index in [0.717, 1.165) is 5.56 Å². The van der Waals surface area contributed by atoms with Crippen molar-refractivity contribution in [2.24, 2.45) is 0 Å². The molecule has 1 aromatic carbocycles. The molecule has 0 radical (unpaired) electrons. The molecule has 1 amide bonds. The maximum Gasteiger partial charge on any atom is 0.237 e. The Balaban J connectivity index is 2.45. The number of nitrogens with zero attached hydrogens (tertiary/aromatic N) is 1. The molecule has 1 fully saturated rings. The van der Waals surface area contributed by atoms with Crippen molar-refractivity contribution in [1.82, 2.24) is 0 Å². The zero-order chi connectivity index (χ0) is 14.4. The second-order valence-corrected chi connectivity index (χ2v) is 8.03. The Labute approximate surface area is 125 Å². The normalized spacial score (nSPS) is 20.1. The van der Waals surface area contributed by atoms with Crippen LogP contribution in [0.15, 0.2) is 12.1 Å². The van der Waals surface area contributed by atoms with Gasteiger partial charge < -0.3 is 4.90 Å². The molecule has 1 unspecified atom stereocenters. The Bertz CT molecular complexity index is 645. The lowest BCUT2D eigenvalue weighted by Gasteiger charge is -2.20. The van der Waals surface area contributed by atoms with Crippen molar-refractivity contribution in [1.29, 1.82) is 0 Å². The average Bonchev–Trinajstić information content (AvgIpc) is 2.67. The maximum absolute atomic E-state index is 11.9. The highest BCUT2D eigenvalue weighted by Gasteiger charge is 2.39. The van der Waals surface area contributed by atoms with Gasteiger partial charge in [0.1, 0.15) is 5.25 Å². The minimum absolute atomic E-state index is 0.0342. The van der Waals surface area contributed by atoms with E-state index in [1.807, 2.05) is 0 Å². The van der Waals surface area contributed by atoms with Gasteiger partial charge in [-0.2, -0.15) is 0 Å². The molecule has 0 spiro atoms. The second kappa shape index (κ2) is 5.13. The van der Waals surface area contributed by atoms with Crippen LogP contribution < -0.4 is 4.90 Å². The van der Waals surface area contributed by atoms with Gasteiger partial charge in [-0.15, -0.1) is 0 Å². The summed E-state index contributed by atoms with van der Waals surface area (Å²) in [4.78, 5) is 13.2. The van der Waals surface area contributed by atoms with Crippen LogP contribution in [-0.4, -0.2) is 26.1 Å². The number of rotatable bonds is 2. The topological polar surface area (TPSA) is 54.5 Å². The summed E-state index contributed by atoms with van der Waals surface area (Å²) in [5.74, 6) is -0.358. The molecule has 104 valence electrons. The monoisotopic (exact) mass is 341 g/mol. The molecule has 1 aromatic rings. The van der Waals surface area contributed by atoms with E-state index in [4.69, 9.17) is 33.9 Å². The summed E-state index contributed by atoms with van der Waals surface area (Å²) in [7, 11) is 1.51. The van der Waals surface area contributed by atoms with Gasteiger partial charge in [0.2, 0.25) is 15.0 Å². The molecule has 1 aliphatic rings. The third-order valence-electron chi connectivity index (χ3n) is 3.02. The van der Waals surface area contributed by atoms with Gasteiger partial charge >= 0.3 is 0 Å². The fourth-order valence-corrected chi connectivity index (χ4v) is 3.57. The van der Waals surface area contributed by atoms with Crippen LogP contribution in [0.3, 0.4) is 0 Å². The summed E-state index contributed by atoms with van der Waals surface area (Å²) in [6.07, 6.45) is -0.160. The van der Waals surface area contributed by atoms with Gasteiger partial charge in [-0.05, 0) is 18.6 Å². The van der Waals surface area contributed by atoms with Gasteiger partial charge in [0.25, 0.3) is 0 Å².